The molecule has 5 nitrogen and oxygen atoms in total. The molecule has 3 aromatic rings. The molecule has 0 aliphatic heterocycles. The number of aromatic hydroxyl groups is 1. The van der Waals surface area contributed by atoms with Crippen molar-refractivity contribution in [3.8, 4) is 17.6 Å². The number of nitriles is 1. The monoisotopic (exact) mass is 575 g/mol. The zero-order chi connectivity index (χ0) is 26.6. The number of aryl methyl sites for hydroxylation is 1. The fourth-order valence-electron chi connectivity index (χ4n) is 3.24. The van der Waals surface area contributed by atoms with Gasteiger partial charge in [0.1, 0.15) is 22.9 Å². The molecule has 0 bridgehead atoms. The van der Waals surface area contributed by atoms with E-state index >= 15 is 0 Å². The third-order valence-electron chi connectivity index (χ3n) is 4.73. The van der Waals surface area contributed by atoms with Crippen molar-refractivity contribution >= 4 is 5.78 Å². The van der Waals surface area contributed by atoms with Crippen LogP contribution < -0.4 is 0 Å². The van der Waals surface area contributed by atoms with E-state index in [-0.39, 0.29) is 36.3 Å². The number of benzene rings is 2. The van der Waals surface area contributed by atoms with Crippen LogP contribution in [0.5, 0.6) is 5.88 Å². The molecule has 0 fully saturated rings. The van der Waals surface area contributed by atoms with E-state index in [1.807, 2.05) is 0 Å². The van der Waals surface area contributed by atoms with Crippen molar-refractivity contribution in [2.75, 3.05) is 0 Å². The van der Waals surface area contributed by atoms with Gasteiger partial charge in [0.25, 0.3) is 0 Å². The van der Waals surface area contributed by atoms with Gasteiger partial charge in [-0.15, -0.1) is 0 Å². The number of aromatic nitrogens is 2. The minimum Gasteiger partial charge on any atom is -0.493 e. The molecule has 1 heterocycles. The van der Waals surface area contributed by atoms with Crippen LogP contribution in [0.2, 0.25) is 0 Å². The van der Waals surface area contributed by atoms with E-state index in [2.05, 4.69) is 5.10 Å². The molecule has 1 N–H and O–H groups in total. The van der Waals surface area contributed by atoms with E-state index in [1.165, 1.54) is 0 Å². The minimum absolute atomic E-state index is 0. The third-order valence-corrected chi connectivity index (χ3v) is 4.73. The topological polar surface area (TPSA) is 78.9 Å². The molecule has 0 radical (unpaired) electrons. The van der Waals surface area contributed by atoms with Gasteiger partial charge < -0.3 is 5.11 Å². The summed E-state index contributed by atoms with van der Waals surface area (Å²) in [5.74, 6) is -12.9. The summed E-state index contributed by atoms with van der Waals surface area (Å²) in [6, 6.07) is 1.54. The van der Waals surface area contributed by atoms with Crippen molar-refractivity contribution in [1.82, 2.24) is 9.78 Å². The fourth-order valence-corrected chi connectivity index (χ4v) is 3.24. The summed E-state index contributed by atoms with van der Waals surface area (Å²) in [4.78, 5) is 12.9. The molecule has 3 rings (SSSR count). The van der Waals surface area contributed by atoms with Crippen LogP contribution in [0.1, 0.15) is 38.3 Å². The number of hydrogen-bond donors (Lipinski definition) is 1. The molecule has 0 saturated carbocycles. The van der Waals surface area contributed by atoms with Crippen molar-refractivity contribution in [3.05, 3.63) is 75.0 Å². The molecule has 2 aromatic carbocycles. The number of halogens is 10. The molecule has 0 saturated heterocycles. The smallest absolute Gasteiger partial charge is 0.417 e. The first kappa shape index (κ1) is 28.8. The molecule has 0 amide bonds. The van der Waals surface area contributed by atoms with Gasteiger partial charge >= 0.3 is 12.4 Å². The van der Waals surface area contributed by atoms with Gasteiger partial charge in [0.05, 0.1) is 16.8 Å². The standard InChI is InChI=1S/C20H7F10N3O2.Zn/c1-6-10(17(34)11-8(19(25,26)27)3-2-4-9(11)20(28,29)30)18(35)33(32-6)16-14(23)12(21)7(5-31)13(22)15(16)24;/h2-4,35H,1H3;. The maximum Gasteiger partial charge on any atom is 0.417 e. The molecular weight excluding hydrogens is 570 g/mol. The predicted octanol–water partition coefficient (Wildman–Crippen LogP) is 5.58. The Hall–Kier alpha value is -3.47. The Kier molecular flexibility index (Phi) is 7.62. The Morgan fingerprint density at radius 2 is 1.36 bits per heavy atom. The summed E-state index contributed by atoms with van der Waals surface area (Å²) in [5.41, 5.74) is -11.8. The number of carbonyl (C=O) groups is 1. The fraction of sp³-hybridized carbons (Fsp3) is 0.150. The second-order valence-electron chi connectivity index (χ2n) is 6.84. The Balaban J connectivity index is 0.00000456. The van der Waals surface area contributed by atoms with Crippen LogP contribution in [0.3, 0.4) is 0 Å². The Morgan fingerprint density at radius 3 is 1.75 bits per heavy atom. The SMILES string of the molecule is Cc1nn(-c2c(F)c(F)c(C#N)c(F)c2F)c(O)c1C(=O)c1c(C(F)(F)F)cccc1C(F)(F)F.[Zn]. The summed E-state index contributed by atoms with van der Waals surface area (Å²) in [6.45, 7) is 0.763. The van der Waals surface area contributed by atoms with Gasteiger partial charge in [0.15, 0.2) is 23.3 Å². The average molecular weight is 577 g/mol. The van der Waals surface area contributed by atoms with E-state index in [0.717, 1.165) is 13.0 Å². The van der Waals surface area contributed by atoms with Crippen molar-refractivity contribution in [1.29, 1.82) is 5.26 Å². The van der Waals surface area contributed by atoms with Gasteiger partial charge in [-0.2, -0.15) is 41.4 Å². The number of nitrogens with zero attached hydrogens (tertiary/aromatic N) is 3. The van der Waals surface area contributed by atoms with Crippen molar-refractivity contribution in [2.24, 2.45) is 0 Å². The molecule has 0 unspecified atom stereocenters. The quantitative estimate of drug-likeness (QED) is 0.191. The second-order valence-corrected chi connectivity index (χ2v) is 6.84. The van der Waals surface area contributed by atoms with Crippen molar-refractivity contribution in [2.45, 2.75) is 19.3 Å². The molecule has 0 aliphatic carbocycles. The number of carbonyl (C=O) groups excluding carboxylic acids is 1. The van der Waals surface area contributed by atoms with Gasteiger partial charge in [0.2, 0.25) is 11.7 Å². The third kappa shape index (κ3) is 4.55. The number of ketones is 1. The van der Waals surface area contributed by atoms with E-state index in [4.69, 9.17) is 5.26 Å². The molecule has 1 aromatic heterocycles. The van der Waals surface area contributed by atoms with Crippen LogP contribution in [0, 0.1) is 41.5 Å². The van der Waals surface area contributed by atoms with E-state index in [0.29, 0.717) is 6.07 Å². The van der Waals surface area contributed by atoms with E-state index in [1.54, 1.807) is 0 Å². The van der Waals surface area contributed by atoms with Crippen LogP contribution in [-0.2, 0) is 31.8 Å². The van der Waals surface area contributed by atoms with Crippen molar-refractivity contribution < 1.29 is 73.3 Å². The van der Waals surface area contributed by atoms with Crippen LogP contribution in [-0.4, -0.2) is 20.7 Å². The van der Waals surface area contributed by atoms with E-state index in [9.17, 15) is 53.8 Å². The molecule has 0 atom stereocenters. The Bertz CT molecular complexity index is 1360. The van der Waals surface area contributed by atoms with Crippen LogP contribution in [0.15, 0.2) is 18.2 Å². The van der Waals surface area contributed by atoms with Gasteiger partial charge in [-0.25, -0.2) is 17.6 Å². The second kappa shape index (κ2) is 9.53. The average Bonchev–Trinajstić information content (AvgIpc) is 3.04. The van der Waals surface area contributed by atoms with Gasteiger partial charge in [0, 0.05) is 25.0 Å². The summed E-state index contributed by atoms with van der Waals surface area (Å²) in [6.07, 6.45) is -11.0. The first-order valence-corrected chi connectivity index (χ1v) is 8.91. The zero-order valence-corrected chi connectivity index (χ0v) is 20.4. The Morgan fingerprint density at radius 1 is 0.917 bits per heavy atom. The zero-order valence-electron chi connectivity index (χ0n) is 17.4. The van der Waals surface area contributed by atoms with Gasteiger partial charge in [-0.05, 0) is 19.1 Å². The van der Waals surface area contributed by atoms with Crippen LogP contribution in [0.25, 0.3) is 5.69 Å². The molecule has 0 spiro atoms. The first-order chi connectivity index (χ1) is 16.0. The maximum absolute atomic E-state index is 14.4. The summed E-state index contributed by atoms with van der Waals surface area (Å²) >= 11 is 0. The number of alkyl halides is 6. The molecule has 186 valence electrons. The van der Waals surface area contributed by atoms with Crippen LogP contribution >= 0.6 is 0 Å². The van der Waals surface area contributed by atoms with Gasteiger partial charge in [-0.3, -0.25) is 4.79 Å². The summed E-state index contributed by atoms with van der Waals surface area (Å²) in [5, 5.41) is 22.2. The normalized spacial score (nSPS) is 11.7. The summed E-state index contributed by atoms with van der Waals surface area (Å²) in [7, 11) is 0. The largest absolute Gasteiger partial charge is 0.493 e. The summed E-state index contributed by atoms with van der Waals surface area (Å²) < 4.78 is 137. The van der Waals surface area contributed by atoms with Gasteiger partial charge in [-0.1, -0.05) is 6.07 Å². The predicted molar refractivity (Wildman–Crippen MR) is 94.4 cm³/mol. The molecule has 36 heavy (non-hydrogen) atoms. The molecular formula is C20H7F10N3O2Zn. The van der Waals surface area contributed by atoms with E-state index < -0.39 is 86.5 Å². The first-order valence-electron chi connectivity index (χ1n) is 8.91. The number of rotatable bonds is 3. The Labute approximate surface area is 206 Å². The minimum atomic E-state index is -5.48. The number of hydrogen-bond acceptors (Lipinski definition) is 4. The molecule has 16 heteroatoms. The maximum atomic E-state index is 14.4. The molecule has 0 aliphatic rings. The van der Waals surface area contributed by atoms with Crippen LogP contribution in [0.4, 0.5) is 43.9 Å². The van der Waals surface area contributed by atoms with Crippen molar-refractivity contribution in [3.63, 3.8) is 0 Å².